The van der Waals surface area contributed by atoms with E-state index < -0.39 is 5.41 Å². The Labute approximate surface area is 123 Å². The molecule has 0 saturated heterocycles. The number of hydrogen-bond donors (Lipinski definition) is 2. The predicted molar refractivity (Wildman–Crippen MR) is 85.6 cm³/mol. The van der Waals surface area contributed by atoms with Gasteiger partial charge < -0.3 is 10.2 Å². The average molecular weight is 276 g/mol. The standard InChI is InChI=1S/C18H28O2/c1-6-16-9-17(20)18(11-16,12-19)10-14(4)7-8-15(5)13(2)3/h9-11,15,19-20H,2,6-8,12H2,1,3-5H3/b14-10-. The molecule has 112 valence electrons. The fourth-order valence-corrected chi connectivity index (χ4v) is 2.45. The van der Waals surface area contributed by atoms with Gasteiger partial charge in [-0.2, -0.15) is 0 Å². The molecule has 0 aliphatic heterocycles. The molecule has 0 aromatic heterocycles. The summed E-state index contributed by atoms with van der Waals surface area (Å²) in [5, 5.41) is 19.9. The first-order valence-electron chi connectivity index (χ1n) is 7.42. The minimum Gasteiger partial charge on any atom is -0.511 e. The number of aliphatic hydroxyl groups excluding tert-OH is 2. The normalized spacial score (nSPS) is 24.4. The van der Waals surface area contributed by atoms with Crippen LogP contribution in [0.3, 0.4) is 0 Å². The maximum Gasteiger partial charge on any atom is 0.109 e. The highest BCUT2D eigenvalue weighted by Gasteiger charge is 2.33. The van der Waals surface area contributed by atoms with Crippen LogP contribution in [0.4, 0.5) is 0 Å². The molecule has 0 spiro atoms. The van der Waals surface area contributed by atoms with Crippen molar-refractivity contribution in [2.45, 2.75) is 47.0 Å². The highest BCUT2D eigenvalue weighted by molar-refractivity contribution is 5.42. The topological polar surface area (TPSA) is 40.5 Å². The lowest BCUT2D eigenvalue weighted by molar-refractivity contribution is 0.187. The Balaban J connectivity index is 2.82. The van der Waals surface area contributed by atoms with Crippen LogP contribution in [-0.4, -0.2) is 16.8 Å². The Morgan fingerprint density at radius 3 is 2.55 bits per heavy atom. The molecular formula is C18H28O2. The van der Waals surface area contributed by atoms with E-state index in [2.05, 4.69) is 27.4 Å². The van der Waals surface area contributed by atoms with E-state index >= 15 is 0 Å². The lowest BCUT2D eigenvalue weighted by atomic mass is 9.85. The highest BCUT2D eigenvalue weighted by atomic mass is 16.3. The van der Waals surface area contributed by atoms with Crippen molar-refractivity contribution in [3.05, 3.63) is 47.3 Å². The van der Waals surface area contributed by atoms with Crippen molar-refractivity contribution in [2.24, 2.45) is 11.3 Å². The maximum absolute atomic E-state index is 10.1. The van der Waals surface area contributed by atoms with Gasteiger partial charge in [-0.25, -0.2) is 0 Å². The largest absolute Gasteiger partial charge is 0.511 e. The fraction of sp³-hybridized carbons (Fsp3) is 0.556. The number of aliphatic hydroxyl groups is 2. The number of rotatable bonds is 7. The average Bonchev–Trinajstić information content (AvgIpc) is 2.73. The molecule has 2 N–H and O–H groups in total. The molecule has 0 fully saturated rings. The van der Waals surface area contributed by atoms with E-state index in [1.165, 1.54) is 11.1 Å². The Kier molecular flexibility index (Phi) is 5.82. The third-order valence-corrected chi connectivity index (χ3v) is 4.23. The number of hydrogen-bond acceptors (Lipinski definition) is 2. The number of allylic oxidation sites excluding steroid dienone is 4. The molecule has 0 aromatic carbocycles. The summed E-state index contributed by atoms with van der Waals surface area (Å²) in [6, 6.07) is 0. The van der Waals surface area contributed by atoms with E-state index in [-0.39, 0.29) is 12.4 Å². The van der Waals surface area contributed by atoms with Crippen molar-refractivity contribution in [1.82, 2.24) is 0 Å². The molecule has 1 rings (SSSR count). The third-order valence-electron chi connectivity index (χ3n) is 4.23. The molecule has 2 atom stereocenters. The Hall–Kier alpha value is -1.28. The van der Waals surface area contributed by atoms with Gasteiger partial charge in [0.2, 0.25) is 0 Å². The summed E-state index contributed by atoms with van der Waals surface area (Å²) < 4.78 is 0. The van der Waals surface area contributed by atoms with Gasteiger partial charge in [-0.05, 0) is 50.7 Å². The molecule has 0 aromatic rings. The Morgan fingerprint density at radius 2 is 2.10 bits per heavy atom. The smallest absolute Gasteiger partial charge is 0.109 e. The van der Waals surface area contributed by atoms with E-state index in [1.807, 2.05) is 19.1 Å². The summed E-state index contributed by atoms with van der Waals surface area (Å²) >= 11 is 0. The van der Waals surface area contributed by atoms with Crippen LogP contribution >= 0.6 is 0 Å². The van der Waals surface area contributed by atoms with E-state index in [0.717, 1.165) is 24.8 Å². The van der Waals surface area contributed by atoms with Gasteiger partial charge in [-0.15, -0.1) is 0 Å². The van der Waals surface area contributed by atoms with Gasteiger partial charge in [0.15, 0.2) is 0 Å². The molecule has 2 heteroatoms. The van der Waals surface area contributed by atoms with Gasteiger partial charge in [-0.1, -0.05) is 43.7 Å². The van der Waals surface area contributed by atoms with Gasteiger partial charge in [0.25, 0.3) is 0 Å². The van der Waals surface area contributed by atoms with Crippen LogP contribution < -0.4 is 0 Å². The minimum absolute atomic E-state index is 0.0911. The van der Waals surface area contributed by atoms with Gasteiger partial charge in [0.05, 0.1) is 12.0 Å². The van der Waals surface area contributed by atoms with Crippen molar-refractivity contribution in [3.63, 3.8) is 0 Å². The van der Waals surface area contributed by atoms with Crippen LogP contribution in [0.25, 0.3) is 0 Å². The summed E-state index contributed by atoms with van der Waals surface area (Å²) in [6.07, 6.45) is 8.63. The zero-order chi connectivity index (χ0) is 15.3. The molecule has 0 bridgehead atoms. The highest BCUT2D eigenvalue weighted by Crippen LogP contribution is 2.38. The van der Waals surface area contributed by atoms with Crippen molar-refractivity contribution < 1.29 is 10.2 Å². The van der Waals surface area contributed by atoms with Crippen LogP contribution in [0.5, 0.6) is 0 Å². The lowest BCUT2D eigenvalue weighted by Crippen LogP contribution is -2.21. The minimum atomic E-state index is -0.706. The van der Waals surface area contributed by atoms with Gasteiger partial charge in [0.1, 0.15) is 5.76 Å². The van der Waals surface area contributed by atoms with Crippen molar-refractivity contribution >= 4 is 0 Å². The lowest BCUT2D eigenvalue weighted by Gasteiger charge is -2.23. The van der Waals surface area contributed by atoms with Gasteiger partial charge in [0, 0.05) is 0 Å². The first kappa shape index (κ1) is 16.8. The second-order valence-electron chi connectivity index (χ2n) is 6.08. The zero-order valence-electron chi connectivity index (χ0n) is 13.2. The molecule has 1 aliphatic carbocycles. The Morgan fingerprint density at radius 1 is 1.45 bits per heavy atom. The van der Waals surface area contributed by atoms with Crippen LogP contribution in [-0.2, 0) is 0 Å². The molecule has 1 aliphatic rings. The van der Waals surface area contributed by atoms with Crippen LogP contribution in [0.2, 0.25) is 0 Å². The van der Waals surface area contributed by atoms with E-state index in [9.17, 15) is 10.2 Å². The first-order valence-corrected chi connectivity index (χ1v) is 7.42. The summed E-state index contributed by atoms with van der Waals surface area (Å²) in [7, 11) is 0. The summed E-state index contributed by atoms with van der Waals surface area (Å²) in [4.78, 5) is 0. The monoisotopic (exact) mass is 276 g/mol. The SMILES string of the molecule is C=C(C)C(C)CC/C(C)=C\C1(CO)C=C(CC)C=C1O. The molecule has 2 unspecified atom stereocenters. The van der Waals surface area contributed by atoms with Crippen LogP contribution in [0.15, 0.2) is 47.3 Å². The molecule has 0 heterocycles. The summed E-state index contributed by atoms with van der Waals surface area (Å²) in [6.45, 7) is 12.2. The third kappa shape index (κ3) is 3.86. The molecular weight excluding hydrogens is 248 g/mol. The summed E-state index contributed by atoms with van der Waals surface area (Å²) in [5.41, 5.74) is 2.77. The molecule has 0 amide bonds. The summed E-state index contributed by atoms with van der Waals surface area (Å²) in [5.74, 6) is 0.752. The molecule has 20 heavy (non-hydrogen) atoms. The molecule has 0 radical (unpaired) electrons. The van der Waals surface area contributed by atoms with Gasteiger partial charge >= 0.3 is 0 Å². The Bertz CT molecular complexity index is 454. The fourth-order valence-electron chi connectivity index (χ4n) is 2.45. The zero-order valence-corrected chi connectivity index (χ0v) is 13.2. The van der Waals surface area contributed by atoms with E-state index in [0.29, 0.717) is 5.92 Å². The predicted octanol–water partition coefficient (Wildman–Crippen LogP) is 4.70. The van der Waals surface area contributed by atoms with E-state index in [4.69, 9.17) is 0 Å². The first-order chi connectivity index (χ1) is 9.34. The van der Waals surface area contributed by atoms with Crippen LogP contribution in [0.1, 0.15) is 47.0 Å². The maximum atomic E-state index is 10.1. The molecule has 2 nitrogen and oxygen atoms in total. The second-order valence-corrected chi connectivity index (χ2v) is 6.08. The van der Waals surface area contributed by atoms with Crippen molar-refractivity contribution in [3.8, 4) is 0 Å². The van der Waals surface area contributed by atoms with E-state index in [1.54, 1.807) is 6.08 Å². The van der Waals surface area contributed by atoms with Crippen LogP contribution in [0, 0.1) is 11.3 Å². The molecule has 0 saturated carbocycles. The quantitative estimate of drug-likeness (QED) is 0.662. The van der Waals surface area contributed by atoms with Crippen molar-refractivity contribution in [2.75, 3.05) is 6.61 Å². The second kappa shape index (κ2) is 6.94. The van der Waals surface area contributed by atoms with Gasteiger partial charge in [-0.3, -0.25) is 0 Å². The van der Waals surface area contributed by atoms with Crippen molar-refractivity contribution in [1.29, 1.82) is 0 Å².